The third-order valence-corrected chi connectivity index (χ3v) is 8.87. The molecule has 0 amide bonds. The molecule has 3 aliphatic heterocycles. The molecular formula is C25H26NO4P. The molecule has 0 aromatic heterocycles. The van der Waals surface area contributed by atoms with Gasteiger partial charge in [-0.3, -0.25) is 4.90 Å². The summed E-state index contributed by atoms with van der Waals surface area (Å²) in [6, 6.07) is 18.4. The Morgan fingerprint density at radius 3 is 2.00 bits per heavy atom. The van der Waals surface area contributed by atoms with Gasteiger partial charge in [-0.1, -0.05) is 49.2 Å². The number of benzene rings is 2. The molecule has 0 radical (unpaired) electrons. The summed E-state index contributed by atoms with van der Waals surface area (Å²) in [6.45, 7) is 0. The Morgan fingerprint density at radius 2 is 1.39 bits per heavy atom. The summed E-state index contributed by atoms with van der Waals surface area (Å²) in [5.41, 5.74) is 1.05. The quantitative estimate of drug-likeness (QED) is 0.414. The molecule has 4 aliphatic rings. The Hall–Kier alpha value is -2.23. The first-order chi connectivity index (χ1) is 15.1. The van der Waals surface area contributed by atoms with Gasteiger partial charge in [0.2, 0.25) is 0 Å². The van der Waals surface area contributed by atoms with Crippen molar-refractivity contribution in [2.45, 2.75) is 55.3 Å². The van der Waals surface area contributed by atoms with Crippen LogP contribution in [0.2, 0.25) is 0 Å². The zero-order valence-corrected chi connectivity index (χ0v) is 18.4. The largest absolute Gasteiger partial charge is 0.453 e. The molecule has 1 saturated carbocycles. The smallest absolute Gasteiger partial charge is 0.338 e. The van der Waals surface area contributed by atoms with E-state index in [-0.39, 0.29) is 29.3 Å². The summed E-state index contributed by atoms with van der Waals surface area (Å²) in [7, 11) is 3.08. The van der Waals surface area contributed by atoms with Crippen LogP contribution in [0.25, 0.3) is 0 Å². The van der Waals surface area contributed by atoms with E-state index in [0.29, 0.717) is 23.0 Å². The monoisotopic (exact) mass is 435 g/mol. The lowest BCUT2D eigenvalue weighted by Gasteiger charge is -2.32. The van der Waals surface area contributed by atoms with E-state index in [9.17, 15) is 9.59 Å². The fourth-order valence-corrected chi connectivity index (χ4v) is 7.59. The Balaban J connectivity index is 1.31. The minimum Gasteiger partial charge on any atom is -0.453 e. The molecule has 0 spiro atoms. The van der Waals surface area contributed by atoms with Gasteiger partial charge in [0.05, 0.1) is 28.5 Å². The van der Waals surface area contributed by atoms with Gasteiger partial charge in [0.1, 0.15) is 0 Å². The summed E-state index contributed by atoms with van der Waals surface area (Å²) in [6.07, 6.45) is 3.91. The number of hydrogen-bond acceptors (Lipinski definition) is 5. The number of esters is 2. The van der Waals surface area contributed by atoms with E-state index in [1.807, 2.05) is 36.4 Å². The van der Waals surface area contributed by atoms with Crippen LogP contribution < -0.4 is 0 Å². The van der Waals surface area contributed by atoms with Gasteiger partial charge in [-0.05, 0) is 48.9 Å². The molecule has 2 aromatic carbocycles. The Kier molecular flexibility index (Phi) is 4.49. The molecule has 0 N–H and O–H groups in total. The van der Waals surface area contributed by atoms with Gasteiger partial charge in [0.15, 0.2) is 12.2 Å². The summed E-state index contributed by atoms with van der Waals surface area (Å²) >= 11 is 0. The number of ether oxygens (including phenoxy) is 2. The zero-order chi connectivity index (χ0) is 21.2. The Labute approximate surface area is 184 Å². The zero-order valence-electron chi connectivity index (χ0n) is 17.2. The Morgan fingerprint density at radius 1 is 0.839 bits per heavy atom. The number of fused-ring (bicyclic) bond motifs is 4. The topological polar surface area (TPSA) is 55.6 Å². The van der Waals surface area contributed by atoms with Crippen LogP contribution in [0.1, 0.15) is 46.4 Å². The summed E-state index contributed by atoms with van der Waals surface area (Å²) in [4.78, 5) is 28.3. The van der Waals surface area contributed by atoms with Crippen molar-refractivity contribution in [1.29, 1.82) is 0 Å². The van der Waals surface area contributed by atoms with Crippen LogP contribution in [0.5, 0.6) is 0 Å². The average Bonchev–Trinajstić information content (AvgIpc) is 3.19. The third-order valence-electron chi connectivity index (χ3n) is 7.80. The average molecular weight is 435 g/mol. The molecule has 0 bridgehead atoms. The summed E-state index contributed by atoms with van der Waals surface area (Å²) in [5, 5.41) is -0.0208. The van der Waals surface area contributed by atoms with Crippen LogP contribution >= 0.6 is 9.24 Å². The van der Waals surface area contributed by atoms with E-state index in [1.54, 1.807) is 24.3 Å². The molecule has 3 saturated heterocycles. The highest BCUT2D eigenvalue weighted by Crippen LogP contribution is 2.72. The molecule has 9 atom stereocenters. The van der Waals surface area contributed by atoms with Gasteiger partial charge in [0, 0.05) is 0 Å². The fourth-order valence-electron chi connectivity index (χ4n) is 6.57. The van der Waals surface area contributed by atoms with Crippen molar-refractivity contribution in [2.75, 3.05) is 0 Å². The highest BCUT2D eigenvalue weighted by molar-refractivity contribution is 7.19. The SMILES string of the molecule is O=C(OC1C(OC(=O)c2ccccc2)C2N3C1C1CCCCC1[C@@]23P)c1ccccc1. The highest BCUT2D eigenvalue weighted by atomic mass is 31.0. The maximum atomic E-state index is 13.0. The number of carbonyl (C=O) groups excluding carboxylic acids is 2. The first-order valence-corrected chi connectivity index (χ1v) is 11.8. The number of piperidine rings is 2. The van der Waals surface area contributed by atoms with Crippen molar-refractivity contribution < 1.29 is 19.1 Å². The van der Waals surface area contributed by atoms with E-state index in [0.717, 1.165) is 6.42 Å². The van der Waals surface area contributed by atoms with Crippen molar-refractivity contribution in [1.82, 2.24) is 4.90 Å². The van der Waals surface area contributed by atoms with Crippen LogP contribution in [0, 0.1) is 11.8 Å². The van der Waals surface area contributed by atoms with Crippen molar-refractivity contribution in [2.24, 2.45) is 11.8 Å². The van der Waals surface area contributed by atoms with Gasteiger partial charge >= 0.3 is 11.9 Å². The lowest BCUT2D eigenvalue weighted by molar-refractivity contribution is -0.0361. The van der Waals surface area contributed by atoms with Crippen molar-refractivity contribution in [3.63, 3.8) is 0 Å². The lowest BCUT2D eigenvalue weighted by Crippen LogP contribution is -2.44. The minimum absolute atomic E-state index is 0.0208. The Bertz CT molecular complexity index is 1010. The first kappa shape index (κ1) is 19.5. The maximum absolute atomic E-state index is 13.0. The standard InChI is InChI=1S/C25H26NO4P/c27-23(15-9-3-1-4-10-15)29-20-19-17-13-7-8-14-18(17)25(31)22(26(19)25)21(20)30-24(28)16-11-5-2-6-12-16/h1-6,9-12,17-22H,7-8,13-14,31H2/t17?,18?,19?,20?,21?,22?,25-,26?/m1/s1. The van der Waals surface area contributed by atoms with Crippen LogP contribution in [-0.4, -0.2) is 46.4 Å². The minimum atomic E-state index is -0.450. The van der Waals surface area contributed by atoms with E-state index in [2.05, 4.69) is 14.1 Å². The van der Waals surface area contributed by atoms with Crippen LogP contribution in [-0.2, 0) is 9.47 Å². The lowest BCUT2D eigenvalue weighted by atomic mass is 9.75. The van der Waals surface area contributed by atoms with Crippen LogP contribution in [0.3, 0.4) is 0 Å². The second-order valence-electron chi connectivity index (χ2n) is 9.26. The molecule has 1 aliphatic carbocycles. The van der Waals surface area contributed by atoms with E-state index in [4.69, 9.17) is 9.47 Å². The summed E-state index contributed by atoms with van der Waals surface area (Å²) in [5.74, 6) is 0.342. The molecule has 8 unspecified atom stereocenters. The molecule has 31 heavy (non-hydrogen) atoms. The molecule has 160 valence electrons. The van der Waals surface area contributed by atoms with Gasteiger partial charge in [0.25, 0.3) is 0 Å². The molecule has 5 nitrogen and oxygen atoms in total. The first-order valence-electron chi connectivity index (χ1n) is 11.2. The van der Waals surface area contributed by atoms with Gasteiger partial charge in [-0.25, -0.2) is 9.59 Å². The second kappa shape index (κ2) is 7.15. The van der Waals surface area contributed by atoms with Crippen molar-refractivity contribution in [3.05, 3.63) is 71.8 Å². The molecular weight excluding hydrogens is 409 g/mol. The van der Waals surface area contributed by atoms with Crippen LogP contribution in [0.4, 0.5) is 0 Å². The number of rotatable bonds is 4. The molecule has 6 heteroatoms. The number of nitrogens with zero attached hydrogens (tertiary/aromatic N) is 1. The molecule has 4 fully saturated rings. The van der Waals surface area contributed by atoms with Gasteiger partial charge in [-0.2, -0.15) is 0 Å². The van der Waals surface area contributed by atoms with E-state index in [1.165, 1.54) is 19.3 Å². The number of carbonyl (C=O) groups is 2. The van der Waals surface area contributed by atoms with Gasteiger partial charge < -0.3 is 9.47 Å². The van der Waals surface area contributed by atoms with Crippen LogP contribution in [0.15, 0.2) is 60.7 Å². The van der Waals surface area contributed by atoms with Crippen molar-refractivity contribution in [3.8, 4) is 0 Å². The van der Waals surface area contributed by atoms with E-state index < -0.39 is 12.2 Å². The molecule has 6 rings (SSSR count). The van der Waals surface area contributed by atoms with E-state index >= 15 is 0 Å². The maximum Gasteiger partial charge on any atom is 0.338 e. The molecule has 2 aromatic rings. The predicted octanol–water partition coefficient (Wildman–Crippen LogP) is 3.90. The molecule has 3 heterocycles. The van der Waals surface area contributed by atoms with Crippen molar-refractivity contribution >= 4 is 21.2 Å². The summed E-state index contributed by atoms with van der Waals surface area (Å²) < 4.78 is 12.2. The third kappa shape index (κ3) is 2.83. The predicted molar refractivity (Wildman–Crippen MR) is 119 cm³/mol. The highest BCUT2D eigenvalue weighted by Gasteiger charge is 2.83. The fraction of sp³-hybridized carbons (Fsp3) is 0.440. The normalized spacial score (nSPS) is 39.3. The number of hydrogen-bond donors (Lipinski definition) is 0. The van der Waals surface area contributed by atoms with Gasteiger partial charge in [-0.15, -0.1) is 9.24 Å². The second-order valence-corrected chi connectivity index (χ2v) is 10.2.